The molecule has 4 aromatic rings. The van der Waals surface area contributed by atoms with Crippen molar-refractivity contribution in [3.63, 3.8) is 0 Å². The number of pyridine rings is 1. The third-order valence-electron chi connectivity index (χ3n) is 8.00. The van der Waals surface area contributed by atoms with E-state index >= 15 is 0 Å². The van der Waals surface area contributed by atoms with E-state index in [9.17, 15) is 18.8 Å². The van der Waals surface area contributed by atoms with Gasteiger partial charge in [-0.1, -0.05) is 24.3 Å². The number of hydrogen-bond donors (Lipinski definition) is 2. The van der Waals surface area contributed by atoms with E-state index in [2.05, 4.69) is 15.6 Å². The van der Waals surface area contributed by atoms with Crippen molar-refractivity contribution >= 4 is 28.6 Å². The first-order valence-corrected chi connectivity index (χ1v) is 14.8. The zero-order chi connectivity index (χ0) is 31.3. The van der Waals surface area contributed by atoms with Crippen LogP contribution in [0.2, 0.25) is 0 Å². The highest BCUT2D eigenvalue weighted by molar-refractivity contribution is 6.06. The molecule has 2 aliphatic heterocycles. The van der Waals surface area contributed by atoms with Crippen LogP contribution in [0.5, 0.6) is 17.2 Å². The summed E-state index contributed by atoms with van der Waals surface area (Å²) in [5.74, 6) is -0.239. The number of nitrogens with one attached hydrogen (secondary N) is 2. The van der Waals surface area contributed by atoms with Gasteiger partial charge in [-0.05, 0) is 53.9 Å². The lowest BCUT2D eigenvalue weighted by Gasteiger charge is -2.39. The second kappa shape index (κ2) is 13.2. The van der Waals surface area contributed by atoms with E-state index in [-0.39, 0.29) is 43.7 Å². The first-order valence-electron chi connectivity index (χ1n) is 14.8. The number of hydrogen-bond acceptors (Lipinski definition) is 7. The van der Waals surface area contributed by atoms with Crippen LogP contribution in [0.1, 0.15) is 34.3 Å². The number of rotatable bonds is 2. The topological polar surface area (TPSA) is 119 Å². The van der Waals surface area contributed by atoms with Crippen molar-refractivity contribution in [2.75, 3.05) is 26.8 Å². The summed E-state index contributed by atoms with van der Waals surface area (Å²) in [7, 11) is 1.51. The molecule has 1 saturated heterocycles. The fraction of sp³-hybridized carbons (Fsp3) is 0.294. The molecule has 4 bridgehead atoms. The van der Waals surface area contributed by atoms with Gasteiger partial charge in [0.2, 0.25) is 5.91 Å². The minimum Gasteiger partial charge on any atom is -0.493 e. The normalized spacial score (nSPS) is 19.1. The second-order valence-electron chi connectivity index (χ2n) is 11.1. The SMILES string of the molecule is COc1ccc2cc1OCC(=O)N[C@@H]1CN(C(=O)c3ccnc4ccccc34)CC[C@H]1Oc1cc(F)cc(c1)CNC(=O)CC2. The lowest BCUT2D eigenvalue weighted by atomic mass is 9.99. The number of carbonyl (C=O) groups excluding carboxylic acids is 3. The molecule has 1 fully saturated rings. The van der Waals surface area contributed by atoms with E-state index in [1.807, 2.05) is 30.3 Å². The second-order valence-corrected chi connectivity index (χ2v) is 11.1. The highest BCUT2D eigenvalue weighted by atomic mass is 19.1. The number of amides is 3. The molecule has 2 N–H and O–H groups in total. The van der Waals surface area contributed by atoms with Crippen LogP contribution >= 0.6 is 0 Å². The third kappa shape index (κ3) is 6.98. The smallest absolute Gasteiger partial charge is 0.258 e. The molecular formula is C34H33FN4O6. The molecule has 0 spiro atoms. The number of methoxy groups -OCH3 is 1. The summed E-state index contributed by atoms with van der Waals surface area (Å²) >= 11 is 0. The largest absolute Gasteiger partial charge is 0.493 e. The molecule has 2 atom stereocenters. The molecule has 11 heteroatoms. The minimum atomic E-state index is -0.634. The van der Waals surface area contributed by atoms with E-state index in [1.165, 1.54) is 19.2 Å². The summed E-state index contributed by atoms with van der Waals surface area (Å²) in [6, 6.07) is 18.1. The van der Waals surface area contributed by atoms with Gasteiger partial charge < -0.3 is 29.7 Å². The van der Waals surface area contributed by atoms with E-state index in [0.717, 1.165) is 10.9 Å². The Morgan fingerprint density at radius 1 is 1.02 bits per heavy atom. The van der Waals surface area contributed by atoms with Crippen LogP contribution in [0, 0.1) is 5.82 Å². The fourth-order valence-corrected chi connectivity index (χ4v) is 5.74. The minimum absolute atomic E-state index is 0.122. The maximum absolute atomic E-state index is 14.6. The monoisotopic (exact) mass is 612 g/mol. The molecule has 3 amide bonds. The Labute approximate surface area is 259 Å². The highest BCUT2D eigenvalue weighted by Crippen LogP contribution is 2.29. The number of ether oxygens (including phenoxy) is 3. The summed E-state index contributed by atoms with van der Waals surface area (Å²) in [4.78, 5) is 45.7. The Kier molecular flexibility index (Phi) is 8.77. The summed E-state index contributed by atoms with van der Waals surface area (Å²) in [6.07, 6.45) is 2.04. The fourth-order valence-electron chi connectivity index (χ4n) is 5.74. The molecule has 3 heterocycles. The van der Waals surface area contributed by atoms with Gasteiger partial charge in [0.25, 0.3) is 11.8 Å². The first kappa shape index (κ1) is 29.9. The first-order chi connectivity index (χ1) is 21.9. The molecule has 0 radical (unpaired) electrons. The van der Waals surface area contributed by atoms with Crippen molar-refractivity contribution in [3.8, 4) is 17.2 Å². The molecule has 232 valence electrons. The van der Waals surface area contributed by atoms with Gasteiger partial charge in [0.1, 0.15) is 17.7 Å². The van der Waals surface area contributed by atoms with E-state index < -0.39 is 23.9 Å². The summed E-state index contributed by atoms with van der Waals surface area (Å²) < 4.78 is 32.2. The van der Waals surface area contributed by atoms with Crippen LogP contribution in [0.3, 0.4) is 0 Å². The Morgan fingerprint density at radius 3 is 2.76 bits per heavy atom. The van der Waals surface area contributed by atoms with Gasteiger partial charge in [0, 0.05) is 50.1 Å². The number of benzene rings is 3. The van der Waals surface area contributed by atoms with Gasteiger partial charge >= 0.3 is 0 Å². The average Bonchev–Trinajstić information content (AvgIpc) is 3.05. The standard InChI is InChI=1S/C34H33FN4O6/c1-43-30-8-6-21-7-9-32(40)37-18-22-14-23(35)17-24(15-22)45-29-11-13-39(19-28(29)38-33(41)20-44-31(30)16-21)34(42)26-10-12-36-27-5-3-2-4-25(26)27/h2-6,8,10,12,14-17,28-29H,7,9,11,13,18-20H2,1H3,(H,37,40)(H,38,41)/t28-,29-/m1/s1. The molecule has 0 aliphatic carbocycles. The lowest BCUT2D eigenvalue weighted by molar-refractivity contribution is -0.125. The quantitative estimate of drug-likeness (QED) is 0.354. The maximum atomic E-state index is 14.6. The van der Waals surface area contributed by atoms with Gasteiger partial charge in [0.05, 0.1) is 24.2 Å². The Morgan fingerprint density at radius 2 is 1.89 bits per heavy atom. The van der Waals surface area contributed by atoms with Crippen molar-refractivity contribution in [2.24, 2.45) is 0 Å². The van der Waals surface area contributed by atoms with Crippen LogP contribution in [0.25, 0.3) is 10.9 Å². The molecule has 2 aliphatic rings. The number of nitrogens with zero attached hydrogens (tertiary/aromatic N) is 2. The van der Waals surface area contributed by atoms with E-state index in [4.69, 9.17) is 14.2 Å². The average molecular weight is 613 g/mol. The maximum Gasteiger partial charge on any atom is 0.258 e. The predicted molar refractivity (Wildman–Crippen MR) is 164 cm³/mol. The number of halogens is 1. The van der Waals surface area contributed by atoms with Crippen molar-refractivity contribution in [3.05, 3.63) is 95.4 Å². The number of aryl methyl sites for hydroxylation is 1. The third-order valence-corrected chi connectivity index (χ3v) is 8.00. The Balaban J connectivity index is 1.28. The van der Waals surface area contributed by atoms with Gasteiger partial charge in [-0.2, -0.15) is 0 Å². The lowest BCUT2D eigenvalue weighted by Crippen LogP contribution is -2.58. The van der Waals surface area contributed by atoms with Crippen LogP contribution in [0.15, 0.2) is 72.9 Å². The Bertz CT molecular complexity index is 1740. The predicted octanol–water partition coefficient (Wildman–Crippen LogP) is 3.80. The molecule has 45 heavy (non-hydrogen) atoms. The zero-order valence-electron chi connectivity index (χ0n) is 24.8. The van der Waals surface area contributed by atoms with Gasteiger partial charge in [-0.25, -0.2) is 4.39 Å². The number of aromatic nitrogens is 1. The number of para-hydroxylation sites is 1. The number of fused-ring (bicyclic) bond motifs is 6. The van der Waals surface area contributed by atoms with Gasteiger partial charge in [-0.3, -0.25) is 19.4 Å². The zero-order valence-corrected chi connectivity index (χ0v) is 24.8. The van der Waals surface area contributed by atoms with Crippen LogP contribution in [-0.4, -0.2) is 66.6 Å². The molecule has 10 nitrogen and oxygen atoms in total. The van der Waals surface area contributed by atoms with Crippen molar-refractivity contribution < 1.29 is 33.0 Å². The number of piperidine rings is 1. The van der Waals surface area contributed by atoms with Crippen LogP contribution in [0.4, 0.5) is 4.39 Å². The molecule has 6 rings (SSSR count). The van der Waals surface area contributed by atoms with Crippen LogP contribution < -0.4 is 24.8 Å². The van der Waals surface area contributed by atoms with Crippen molar-refractivity contribution in [2.45, 2.75) is 38.0 Å². The van der Waals surface area contributed by atoms with Gasteiger partial charge in [0.15, 0.2) is 18.1 Å². The highest BCUT2D eigenvalue weighted by Gasteiger charge is 2.35. The van der Waals surface area contributed by atoms with E-state index in [0.29, 0.717) is 47.5 Å². The molecule has 3 aromatic carbocycles. The summed E-state index contributed by atoms with van der Waals surface area (Å²) in [5, 5.41) is 6.56. The van der Waals surface area contributed by atoms with Crippen LogP contribution in [-0.2, 0) is 22.6 Å². The molecule has 0 saturated carbocycles. The van der Waals surface area contributed by atoms with Crippen molar-refractivity contribution in [1.29, 1.82) is 0 Å². The molecule has 0 unspecified atom stereocenters. The molecular weight excluding hydrogens is 579 g/mol. The Hall–Kier alpha value is -5.19. The number of likely N-dealkylation sites (tertiary alicyclic amines) is 1. The van der Waals surface area contributed by atoms with E-state index in [1.54, 1.807) is 35.4 Å². The van der Waals surface area contributed by atoms with Gasteiger partial charge in [-0.15, -0.1) is 0 Å². The molecule has 1 aromatic heterocycles. The summed E-state index contributed by atoms with van der Waals surface area (Å²) in [6.45, 7) is 0.307. The number of carbonyl (C=O) groups is 3. The van der Waals surface area contributed by atoms with Crippen molar-refractivity contribution in [1.82, 2.24) is 20.5 Å². The summed E-state index contributed by atoms with van der Waals surface area (Å²) in [5.41, 5.74) is 2.59.